The minimum absolute atomic E-state index is 0.118. The first-order valence-corrected chi connectivity index (χ1v) is 5.71. The van der Waals surface area contributed by atoms with Crippen LogP contribution >= 0.6 is 0 Å². The topological polar surface area (TPSA) is 95.7 Å². The smallest absolute Gasteiger partial charge is 0.407 e. The molecule has 0 aliphatic carbocycles. The summed E-state index contributed by atoms with van der Waals surface area (Å²) in [5.74, 6) is -0.489. The molecule has 6 heteroatoms. The third-order valence-corrected chi connectivity index (χ3v) is 3.20. The van der Waals surface area contributed by atoms with Crippen LogP contribution in [0.25, 0.3) is 0 Å². The number of nitrogens with two attached hydrogens (primary N) is 1. The average molecular weight is 243 g/mol. The summed E-state index contributed by atoms with van der Waals surface area (Å²) in [5.41, 5.74) is 4.15. The number of hydrogen-bond acceptors (Lipinski definition) is 3. The minimum atomic E-state index is -1.01. The number of carboxylic acid groups (broad SMARTS) is 1. The molecule has 1 heterocycles. The fourth-order valence-corrected chi connectivity index (χ4v) is 2.75. The van der Waals surface area contributed by atoms with Crippen LogP contribution in [0.5, 0.6) is 0 Å². The summed E-state index contributed by atoms with van der Waals surface area (Å²) >= 11 is 0. The van der Waals surface area contributed by atoms with E-state index >= 15 is 0 Å². The second-order valence-electron chi connectivity index (χ2n) is 5.54. The molecule has 17 heavy (non-hydrogen) atoms. The molecule has 1 saturated heterocycles. The predicted octanol–water partition coefficient (Wildman–Crippen LogP) is 0.228. The Kier molecular flexibility index (Phi) is 3.38. The Morgan fingerprint density at radius 3 is 2.35 bits per heavy atom. The third kappa shape index (κ3) is 2.09. The first-order valence-electron chi connectivity index (χ1n) is 5.71. The van der Waals surface area contributed by atoms with Crippen molar-refractivity contribution in [1.29, 1.82) is 0 Å². The van der Waals surface area contributed by atoms with Gasteiger partial charge in [-0.15, -0.1) is 0 Å². The number of nitrogens with zero attached hydrogens (tertiary/aromatic N) is 1. The highest BCUT2D eigenvalue weighted by Crippen LogP contribution is 2.41. The summed E-state index contributed by atoms with van der Waals surface area (Å²) in [7, 11) is 0. The second kappa shape index (κ2) is 4.18. The van der Waals surface area contributed by atoms with Crippen LogP contribution in [0.2, 0.25) is 0 Å². The van der Waals surface area contributed by atoms with Gasteiger partial charge in [0, 0.05) is 0 Å². The number of primary amides is 1. The molecular formula is C11H21N3O3. The molecule has 0 spiro atoms. The van der Waals surface area contributed by atoms with Gasteiger partial charge in [-0.05, 0) is 12.0 Å². The Balaban J connectivity index is 3.09. The van der Waals surface area contributed by atoms with Crippen molar-refractivity contribution in [2.75, 3.05) is 13.1 Å². The van der Waals surface area contributed by atoms with Gasteiger partial charge in [-0.25, -0.2) is 4.79 Å². The molecular weight excluding hydrogens is 222 g/mol. The molecule has 2 amide bonds. The van der Waals surface area contributed by atoms with Crippen molar-refractivity contribution in [2.45, 2.75) is 39.3 Å². The van der Waals surface area contributed by atoms with Crippen molar-refractivity contribution >= 4 is 12.0 Å². The Hall–Kier alpha value is -1.30. The lowest BCUT2D eigenvalue weighted by atomic mass is 9.66. The molecule has 1 aliphatic heterocycles. The van der Waals surface area contributed by atoms with Gasteiger partial charge in [-0.1, -0.05) is 27.7 Å². The molecule has 0 aromatic carbocycles. The molecule has 0 saturated carbocycles. The van der Waals surface area contributed by atoms with Gasteiger partial charge in [0.1, 0.15) is 5.54 Å². The molecule has 0 radical (unpaired) electrons. The van der Waals surface area contributed by atoms with Crippen LogP contribution in [0.4, 0.5) is 4.79 Å². The molecule has 98 valence electrons. The van der Waals surface area contributed by atoms with Crippen molar-refractivity contribution in [3.63, 3.8) is 0 Å². The Labute approximate surface area is 101 Å². The van der Waals surface area contributed by atoms with Crippen LogP contribution in [0.3, 0.4) is 0 Å². The molecule has 1 aliphatic rings. The van der Waals surface area contributed by atoms with E-state index in [1.54, 1.807) is 0 Å². The highest BCUT2D eigenvalue weighted by atomic mass is 16.4. The molecule has 2 atom stereocenters. The van der Waals surface area contributed by atoms with Gasteiger partial charge in [0.2, 0.25) is 5.91 Å². The van der Waals surface area contributed by atoms with Crippen LogP contribution in [0, 0.1) is 5.41 Å². The zero-order valence-corrected chi connectivity index (χ0v) is 10.8. The molecule has 1 fully saturated rings. The Morgan fingerprint density at radius 2 is 2.06 bits per heavy atom. The maximum absolute atomic E-state index is 11.7. The van der Waals surface area contributed by atoms with Crippen LogP contribution in [0.15, 0.2) is 0 Å². The van der Waals surface area contributed by atoms with E-state index in [-0.39, 0.29) is 12.0 Å². The molecule has 2 unspecified atom stereocenters. The van der Waals surface area contributed by atoms with E-state index in [0.717, 1.165) is 0 Å². The lowest BCUT2D eigenvalue weighted by molar-refractivity contribution is -0.143. The van der Waals surface area contributed by atoms with Crippen molar-refractivity contribution in [2.24, 2.45) is 11.1 Å². The number of amides is 2. The fourth-order valence-electron chi connectivity index (χ4n) is 2.75. The van der Waals surface area contributed by atoms with E-state index in [1.807, 2.05) is 27.7 Å². The number of carbonyl (C=O) groups is 2. The summed E-state index contributed by atoms with van der Waals surface area (Å²) in [6, 6.07) is -0.440. The van der Waals surface area contributed by atoms with E-state index in [1.165, 1.54) is 4.90 Å². The fraction of sp³-hybridized carbons (Fsp3) is 0.818. The van der Waals surface area contributed by atoms with E-state index in [9.17, 15) is 9.59 Å². The maximum Gasteiger partial charge on any atom is 0.407 e. The molecule has 6 nitrogen and oxygen atoms in total. The normalized spacial score (nSPS) is 28.7. The quantitative estimate of drug-likeness (QED) is 0.661. The molecule has 1 rings (SSSR count). The monoisotopic (exact) mass is 243 g/mol. The standard InChI is InChI=1S/C11H21N3O3/c1-5-13-11(8(12)15)6-14(9(16)17)7(11)10(2,3)4/h7,13H,5-6H2,1-4H3,(H2,12,15)(H,16,17). The SMILES string of the molecule is CCNC1(C(N)=O)CN(C(=O)O)C1C(C)(C)C. The first-order chi connectivity index (χ1) is 7.66. The number of likely N-dealkylation sites (N-methyl/N-ethyl adjacent to an activating group) is 1. The minimum Gasteiger partial charge on any atom is -0.465 e. The van der Waals surface area contributed by atoms with E-state index in [0.29, 0.717) is 6.54 Å². The Morgan fingerprint density at radius 1 is 1.53 bits per heavy atom. The average Bonchev–Trinajstić information content (AvgIpc) is 2.06. The lowest BCUT2D eigenvalue weighted by Gasteiger charge is -2.59. The zero-order valence-electron chi connectivity index (χ0n) is 10.8. The maximum atomic E-state index is 11.7. The van der Waals surface area contributed by atoms with Gasteiger partial charge in [-0.2, -0.15) is 0 Å². The molecule has 4 N–H and O–H groups in total. The molecule has 0 aromatic heterocycles. The van der Waals surface area contributed by atoms with Crippen molar-refractivity contribution in [3.8, 4) is 0 Å². The lowest BCUT2D eigenvalue weighted by Crippen LogP contribution is -2.84. The molecule has 0 aromatic rings. The van der Waals surface area contributed by atoms with E-state index < -0.39 is 23.6 Å². The number of likely N-dealkylation sites (tertiary alicyclic amines) is 1. The van der Waals surface area contributed by atoms with Gasteiger partial charge in [0.15, 0.2) is 0 Å². The van der Waals surface area contributed by atoms with Gasteiger partial charge >= 0.3 is 6.09 Å². The van der Waals surface area contributed by atoms with Gasteiger partial charge in [-0.3, -0.25) is 9.69 Å². The summed E-state index contributed by atoms with van der Waals surface area (Å²) in [6.07, 6.45) is -1.01. The van der Waals surface area contributed by atoms with Crippen molar-refractivity contribution < 1.29 is 14.7 Å². The number of carbonyl (C=O) groups excluding carboxylic acids is 1. The number of hydrogen-bond donors (Lipinski definition) is 3. The van der Waals surface area contributed by atoms with Crippen LogP contribution in [0.1, 0.15) is 27.7 Å². The Bertz CT molecular complexity index is 337. The highest BCUT2D eigenvalue weighted by molar-refractivity contribution is 5.90. The van der Waals surface area contributed by atoms with Gasteiger partial charge in [0.05, 0.1) is 12.6 Å². The molecule has 0 bridgehead atoms. The largest absolute Gasteiger partial charge is 0.465 e. The number of rotatable bonds is 3. The second-order valence-corrected chi connectivity index (χ2v) is 5.54. The van der Waals surface area contributed by atoms with Crippen LogP contribution in [-0.4, -0.2) is 46.7 Å². The van der Waals surface area contributed by atoms with Crippen LogP contribution in [-0.2, 0) is 4.79 Å². The van der Waals surface area contributed by atoms with Crippen LogP contribution < -0.4 is 11.1 Å². The number of nitrogens with one attached hydrogen (secondary N) is 1. The van der Waals surface area contributed by atoms with Crippen molar-refractivity contribution in [3.05, 3.63) is 0 Å². The zero-order chi connectivity index (χ0) is 13.4. The summed E-state index contributed by atoms with van der Waals surface area (Å²) in [4.78, 5) is 24.0. The van der Waals surface area contributed by atoms with Gasteiger partial charge < -0.3 is 16.2 Å². The highest BCUT2D eigenvalue weighted by Gasteiger charge is 2.62. The predicted molar refractivity (Wildman–Crippen MR) is 63.6 cm³/mol. The first kappa shape index (κ1) is 13.8. The summed E-state index contributed by atoms with van der Waals surface area (Å²) in [6.45, 7) is 8.27. The van der Waals surface area contributed by atoms with Crippen molar-refractivity contribution in [1.82, 2.24) is 10.2 Å². The van der Waals surface area contributed by atoms with E-state index in [4.69, 9.17) is 10.8 Å². The van der Waals surface area contributed by atoms with Gasteiger partial charge in [0.25, 0.3) is 0 Å². The summed E-state index contributed by atoms with van der Waals surface area (Å²) in [5, 5.41) is 12.2. The third-order valence-electron chi connectivity index (χ3n) is 3.20. The van der Waals surface area contributed by atoms with E-state index in [2.05, 4.69) is 5.32 Å². The summed E-state index contributed by atoms with van der Waals surface area (Å²) < 4.78 is 0.